The molecule has 1 saturated heterocycles. The summed E-state index contributed by atoms with van der Waals surface area (Å²) in [6.45, 7) is 0.480. The predicted octanol–water partition coefficient (Wildman–Crippen LogP) is -0.607. The lowest BCUT2D eigenvalue weighted by Crippen LogP contribution is -2.50. The summed E-state index contributed by atoms with van der Waals surface area (Å²) in [6.07, 6.45) is 4.34. The van der Waals surface area contributed by atoms with Gasteiger partial charge in [0.2, 0.25) is 15.9 Å². The molecule has 0 spiro atoms. The molecule has 0 aromatic carbocycles. The Morgan fingerprint density at radius 3 is 2.56 bits per heavy atom. The Bertz CT molecular complexity index is 423. The van der Waals surface area contributed by atoms with Crippen molar-refractivity contribution >= 4 is 15.9 Å². The monoisotopic (exact) mass is 275 g/mol. The molecule has 2 aliphatic rings. The first-order valence-corrected chi connectivity index (χ1v) is 8.14. The molecule has 3 atom stereocenters. The first kappa shape index (κ1) is 13.8. The molecular formula is C11H21N3O3S. The van der Waals surface area contributed by atoms with Crippen molar-refractivity contribution in [3.05, 3.63) is 0 Å². The van der Waals surface area contributed by atoms with Crippen LogP contribution in [-0.2, 0) is 14.8 Å². The van der Waals surface area contributed by atoms with Gasteiger partial charge in [0.15, 0.2) is 0 Å². The van der Waals surface area contributed by atoms with E-state index in [-0.39, 0.29) is 36.1 Å². The van der Waals surface area contributed by atoms with E-state index in [1.165, 1.54) is 0 Å². The zero-order chi connectivity index (χ0) is 13.3. The second-order valence-corrected chi connectivity index (χ2v) is 7.12. The number of carbonyl (C=O) groups is 1. The van der Waals surface area contributed by atoms with Crippen molar-refractivity contribution in [1.82, 2.24) is 4.90 Å². The number of rotatable bonds is 3. The van der Waals surface area contributed by atoms with E-state index in [1.54, 1.807) is 4.90 Å². The molecule has 1 aliphatic carbocycles. The molecule has 0 radical (unpaired) electrons. The third kappa shape index (κ3) is 3.21. The summed E-state index contributed by atoms with van der Waals surface area (Å²) in [6, 6.07) is 0.104. The highest BCUT2D eigenvalue weighted by atomic mass is 32.2. The van der Waals surface area contributed by atoms with Crippen molar-refractivity contribution in [1.29, 1.82) is 0 Å². The number of nitrogens with two attached hydrogens (primary N) is 2. The molecule has 3 unspecified atom stereocenters. The predicted molar refractivity (Wildman–Crippen MR) is 68.0 cm³/mol. The second kappa shape index (κ2) is 5.14. The van der Waals surface area contributed by atoms with Crippen LogP contribution in [0.2, 0.25) is 0 Å². The van der Waals surface area contributed by atoms with Gasteiger partial charge in [0.25, 0.3) is 0 Å². The zero-order valence-electron chi connectivity index (χ0n) is 10.4. The van der Waals surface area contributed by atoms with Crippen molar-refractivity contribution < 1.29 is 13.2 Å². The molecule has 104 valence electrons. The molecule has 7 heteroatoms. The first-order valence-electron chi connectivity index (χ1n) is 6.42. The Morgan fingerprint density at radius 2 is 1.94 bits per heavy atom. The lowest BCUT2D eigenvalue weighted by molar-refractivity contribution is -0.130. The van der Waals surface area contributed by atoms with Crippen LogP contribution < -0.4 is 10.9 Å². The van der Waals surface area contributed by atoms with E-state index in [4.69, 9.17) is 10.9 Å². The van der Waals surface area contributed by atoms with Gasteiger partial charge in [0.05, 0.1) is 5.75 Å². The van der Waals surface area contributed by atoms with Gasteiger partial charge >= 0.3 is 0 Å². The van der Waals surface area contributed by atoms with E-state index < -0.39 is 10.0 Å². The Morgan fingerprint density at radius 1 is 1.28 bits per heavy atom. The molecular weight excluding hydrogens is 254 g/mol. The van der Waals surface area contributed by atoms with Crippen LogP contribution in [0.5, 0.6) is 0 Å². The largest absolute Gasteiger partial charge is 0.338 e. The minimum absolute atomic E-state index is 0.0194. The van der Waals surface area contributed by atoms with Crippen molar-refractivity contribution in [2.45, 2.75) is 44.2 Å². The molecule has 4 N–H and O–H groups in total. The summed E-state index contributed by atoms with van der Waals surface area (Å²) in [5.41, 5.74) is 6.06. The number of primary sulfonamides is 1. The summed E-state index contributed by atoms with van der Waals surface area (Å²) >= 11 is 0. The van der Waals surface area contributed by atoms with Crippen molar-refractivity contribution in [3.8, 4) is 0 Å². The fourth-order valence-electron chi connectivity index (χ4n) is 3.10. The molecule has 0 aromatic rings. The molecule has 18 heavy (non-hydrogen) atoms. The van der Waals surface area contributed by atoms with Crippen LogP contribution in [0, 0.1) is 5.92 Å². The van der Waals surface area contributed by atoms with Crippen molar-refractivity contribution in [3.63, 3.8) is 0 Å². The SMILES string of the molecule is NC1CCCCC1N1CC(CS(N)(=O)=O)CC1=O. The van der Waals surface area contributed by atoms with Gasteiger partial charge < -0.3 is 10.6 Å². The van der Waals surface area contributed by atoms with Gasteiger partial charge in [-0.15, -0.1) is 0 Å². The summed E-state index contributed by atoms with van der Waals surface area (Å²) < 4.78 is 22.1. The Kier molecular flexibility index (Phi) is 3.93. The zero-order valence-corrected chi connectivity index (χ0v) is 11.2. The molecule has 1 amide bonds. The third-order valence-corrected chi connectivity index (χ3v) is 4.82. The standard InChI is InChI=1S/C11H21N3O3S/c12-9-3-1-2-4-10(9)14-6-8(5-11(14)15)7-18(13,16)17/h8-10H,1-7,12H2,(H2,13,16,17). The maximum atomic E-state index is 12.0. The highest BCUT2D eigenvalue weighted by Crippen LogP contribution is 2.28. The van der Waals surface area contributed by atoms with E-state index in [0.717, 1.165) is 25.7 Å². The second-order valence-electron chi connectivity index (χ2n) is 5.46. The average Bonchev–Trinajstić information content (AvgIpc) is 2.57. The van der Waals surface area contributed by atoms with E-state index in [2.05, 4.69) is 0 Å². The summed E-state index contributed by atoms with van der Waals surface area (Å²) in [5.74, 6) is -0.273. The summed E-state index contributed by atoms with van der Waals surface area (Å²) in [4.78, 5) is 13.7. The topological polar surface area (TPSA) is 106 Å². The molecule has 1 heterocycles. The van der Waals surface area contributed by atoms with Gasteiger partial charge in [-0.2, -0.15) is 0 Å². The van der Waals surface area contributed by atoms with Crippen LogP contribution in [0.3, 0.4) is 0 Å². The molecule has 2 fully saturated rings. The molecule has 2 rings (SSSR count). The maximum absolute atomic E-state index is 12.0. The van der Waals surface area contributed by atoms with E-state index in [9.17, 15) is 13.2 Å². The van der Waals surface area contributed by atoms with Gasteiger partial charge in [-0.05, 0) is 12.8 Å². The van der Waals surface area contributed by atoms with E-state index in [0.29, 0.717) is 6.54 Å². The number of carbonyl (C=O) groups excluding carboxylic acids is 1. The normalized spacial score (nSPS) is 34.0. The van der Waals surface area contributed by atoms with E-state index >= 15 is 0 Å². The van der Waals surface area contributed by atoms with Crippen LogP contribution in [0.25, 0.3) is 0 Å². The van der Waals surface area contributed by atoms with Crippen LogP contribution in [0.1, 0.15) is 32.1 Å². The summed E-state index contributed by atoms with van der Waals surface area (Å²) in [5, 5.41) is 5.03. The average molecular weight is 275 g/mol. The Balaban J connectivity index is 2.00. The number of sulfonamides is 1. The highest BCUT2D eigenvalue weighted by molar-refractivity contribution is 7.89. The number of hydrogen-bond acceptors (Lipinski definition) is 4. The van der Waals surface area contributed by atoms with E-state index in [1.807, 2.05) is 0 Å². The van der Waals surface area contributed by atoms with Gasteiger partial charge in [-0.25, -0.2) is 13.6 Å². The molecule has 0 aromatic heterocycles. The lowest BCUT2D eigenvalue weighted by Gasteiger charge is -2.36. The highest BCUT2D eigenvalue weighted by Gasteiger charge is 2.38. The van der Waals surface area contributed by atoms with Crippen molar-refractivity contribution in [2.24, 2.45) is 16.8 Å². The Labute approximate surface area is 108 Å². The number of likely N-dealkylation sites (tertiary alicyclic amines) is 1. The van der Waals surface area contributed by atoms with Crippen LogP contribution >= 0.6 is 0 Å². The van der Waals surface area contributed by atoms with Gasteiger partial charge in [-0.3, -0.25) is 4.79 Å². The fraction of sp³-hybridized carbons (Fsp3) is 0.909. The molecule has 0 bridgehead atoms. The third-order valence-electron chi connectivity index (χ3n) is 3.89. The molecule has 6 nitrogen and oxygen atoms in total. The number of hydrogen-bond donors (Lipinski definition) is 2. The molecule has 1 saturated carbocycles. The minimum atomic E-state index is -3.51. The van der Waals surface area contributed by atoms with Crippen LogP contribution in [-0.4, -0.2) is 43.6 Å². The summed E-state index contributed by atoms with van der Waals surface area (Å²) in [7, 11) is -3.51. The van der Waals surface area contributed by atoms with Crippen molar-refractivity contribution in [2.75, 3.05) is 12.3 Å². The number of nitrogens with zero attached hydrogens (tertiary/aromatic N) is 1. The van der Waals surface area contributed by atoms with Crippen LogP contribution in [0.15, 0.2) is 0 Å². The first-order chi connectivity index (χ1) is 8.37. The fourth-order valence-corrected chi connectivity index (χ4v) is 3.98. The Hall–Kier alpha value is -0.660. The maximum Gasteiger partial charge on any atom is 0.223 e. The quantitative estimate of drug-likeness (QED) is 0.716. The lowest BCUT2D eigenvalue weighted by atomic mass is 9.90. The minimum Gasteiger partial charge on any atom is -0.338 e. The smallest absolute Gasteiger partial charge is 0.223 e. The van der Waals surface area contributed by atoms with Gasteiger partial charge in [0, 0.05) is 31.0 Å². The van der Waals surface area contributed by atoms with Crippen LogP contribution in [0.4, 0.5) is 0 Å². The van der Waals surface area contributed by atoms with Gasteiger partial charge in [-0.1, -0.05) is 12.8 Å². The molecule has 1 aliphatic heterocycles. The number of amides is 1. The van der Waals surface area contributed by atoms with Gasteiger partial charge in [0.1, 0.15) is 0 Å².